The van der Waals surface area contributed by atoms with Crippen molar-refractivity contribution in [1.82, 2.24) is 4.98 Å². The Morgan fingerprint density at radius 2 is 2.21 bits per heavy atom. The number of pyridine rings is 1. The standard InChI is InChI=1S/C14H9FN2O2/c15-14-5-10(6-16)1-2-11(14)9-19-13-4-3-12(8-18)17-7-13/h1-5,7-8H,9H2. The summed E-state index contributed by atoms with van der Waals surface area (Å²) < 4.78 is 18.9. The third-order valence-corrected chi connectivity index (χ3v) is 2.46. The predicted octanol–water partition coefficient (Wildman–Crippen LogP) is 2.48. The largest absolute Gasteiger partial charge is 0.487 e. The molecule has 1 heterocycles. The normalized spacial score (nSPS) is 9.68. The molecule has 94 valence electrons. The third-order valence-electron chi connectivity index (χ3n) is 2.46. The van der Waals surface area contributed by atoms with Crippen molar-refractivity contribution >= 4 is 6.29 Å². The summed E-state index contributed by atoms with van der Waals surface area (Å²) in [6.45, 7) is 0.0274. The minimum absolute atomic E-state index is 0.0274. The highest BCUT2D eigenvalue weighted by Gasteiger charge is 2.05. The van der Waals surface area contributed by atoms with Crippen molar-refractivity contribution in [2.75, 3.05) is 0 Å². The van der Waals surface area contributed by atoms with Crippen LogP contribution in [0.1, 0.15) is 21.6 Å². The maximum absolute atomic E-state index is 13.6. The zero-order valence-electron chi connectivity index (χ0n) is 9.84. The van der Waals surface area contributed by atoms with E-state index < -0.39 is 5.82 Å². The number of benzene rings is 1. The van der Waals surface area contributed by atoms with Crippen LogP contribution in [0, 0.1) is 17.1 Å². The SMILES string of the molecule is N#Cc1ccc(COc2ccc(C=O)nc2)c(F)c1. The molecule has 0 spiro atoms. The lowest BCUT2D eigenvalue weighted by molar-refractivity contribution is 0.111. The number of nitriles is 1. The summed E-state index contributed by atoms with van der Waals surface area (Å²) in [5, 5.41) is 8.63. The molecule has 0 atom stereocenters. The molecule has 0 aliphatic heterocycles. The Labute approximate surface area is 109 Å². The van der Waals surface area contributed by atoms with Crippen LogP contribution in [0.2, 0.25) is 0 Å². The highest BCUT2D eigenvalue weighted by Crippen LogP contribution is 2.14. The van der Waals surface area contributed by atoms with Crippen LogP contribution in [0.3, 0.4) is 0 Å². The van der Waals surface area contributed by atoms with Gasteiger partial charge < -0.3 is 4.74 Å². The van der Waals surface area contributed by atoms with E-state index in [1.807, 2.05) is 6.07 Å². The zero-order chi connectivity index (χ0) is 13.7. The van der Waals surface area contributed by atoms with Crippen molar-refractivity contribution in [3.05, 3.63) is 59.2 Å². The molecule has 1 aromatic heterocycles. The quantitative estimate of drug-likeness (QED) is 0.788. The summed E-state index contributed by atoms with van der Waals surface area (Å²) in [6, 6.07) is 9.13. The number of aldehydes is 1. The van der Waals surface area contributed by atoms with Gasteiger partial charge in [-0.15, -0.1) is 0 Å². The molecule has 4 nitrogen and oxygen atoms in total. The van der Waals surface area contributed by atoms with Crippen molar-refractivity contribution in [3.8, 4) is 11.8 Å². The first-order valence-corrected chi connectivity index (χ1v) is 5.45. The van der Waals surface area contributed by atoms with E-state index in [1.54, 1.807) is 6.07 Å². The summed E-state index contributed by atoms with van der Waals surface area (Å²) in [7, 11) is 0. The van der Waals surface area contributed by atoms with Gasteiger partial charge in [-0.3, -0.25) is 4.79 Å². The fourth-order valence-electron chi connectivity index (χ4n) is 1.44. The molecule has 0 amide bonds. The number of rotatable bonds is 4. The van der Waals surface area contributed by atoms with Gasteiger partial charge in [0.15, 0.2) is 6.29 Å². The number of nitrogens with zero attached hydrogens (tertiary/aromatic N) is 2. The van der Waals surface area contributed by atoms with Crippen LogP contribution in [0.25, 0.3) is 0 Å². The Balaban J connectivity index is 2.05. The fourth-order valence-corrected chi connectivity index (χ4v) is 1.44. The second kappa shape index (κ2) is 5.74. The summed E-state index contributed by atoms with van der Waals surface area (Å²) in [5.74, 6) is -0.0501. The van der Waals surface area contributed by atoms with E-state index in [0.717, 1.165) is 6.07 Å². The maximum Gasteiger partial charge on any atom is 0.168 e. The molecule has 0 saturated heterocycles. The first-order chi connectivity index (χ1) is 9.22. The van der Waals surface area contributed by atoms with Gasteiger partial charge in [0.05, 0.1) is 17.8 Å². The molecular formula is C14H9FN2O2. The molecule has 0 fully saturated rings. The lowest BCUT2D eigenvalue weighted by atomic mass is 10.1. The van der Waals surface area contributed by atoms with Gasteiger partial charge in [-0.25, -0.2) is 9.37 Å². The number of ether oxygens (including phenoxy) is 1. The monoisotopic (exact) mass is 256 g/mol. The van der Waals surface area contributed by atoms with E-state index in [-0.39, 0.29) is 12.2 Å². The molecule has 0 bridgehead atoms. The van der Waals surface area contributed by atoms with Crippen molar-refractivity contribution in [1.29, 1.82) is 5.26 Å². The first-order valence-electron chi connectivity index (χ1n) is 5.45. The van der Waals surface area contributed by atoms with Gasteiger partial charge in [0, 0.05) is 5.56 Å². The van der Waals surface area contributed by atoms with Crippen LogP contribution in [0.15, 0.2) is 36.5 Å². The Morgan fingerprint density at radius 3 is 2.79 bits per heavy atom. The molecule has 1 aromatic carbocycles. The van der Waals surface area contributed by atoms with Crippen molar-refractivity contribution in [2.45, 2.75) is 6.61 Å². The van der Waals surface area contributed by atoms with Gasteiger partial charge in [-0.2, -0.15) is 5.26 Å². The predicted molar refractivity (Wildman–Crippen MR) is 65.1 cm³/mol. The molecule has 0 saturated carbocycles. The Morgan fingerprint density at radius 1 is 1.37 bits per heavy atom. The minimum atomic E-state index is -0.489. The molecule has 0 aliphatic rings. The zero-order valence-corrected chi connectivity index (χ0v) is 9.84. The van der Waals surface area contributed by atoms with E-state index in [4.69, 9.17) is 10.00 Å². The molecule has 5 heteroatoms. The number of carbonyl (C=O) groups is 1. The van der Waals surface area contributed by atoms with Crippen LogP contribution in [0.5, 0.6) is 5.75 Å². The summed E-state index contributed by atoms with van der Waals surface area (Å²) >= 11 is 0. The van der Waals surface area contributed by atoms with E-state index in [9.17, 15) is 9.18 Å². The van der Waals surface area contributed by atoms with Crippen molar-refractivity contribution in [2.24, 2.45) is 0 Å². The van der Waals surface area contributed by atoms with Gasteiger partial charge in [-0.1, -0.05) is 6.07 Å². The number of aromatic nitrogens is 1. The molecule has 0 N–H and O–H groups in total. The van der Waals surface area contributed by atoms with E-state index in [2.05, 4.69) is 4.98 Å². The number of carbonyl (C=O) groups excluding carboxylic acids is 1. The van der Waals surface area contributed by atoms with E-state index in [1.165, 1.54) is 24.4 Å². The number of halogens is 1. The molecular weight excluding hydrogens is 247 g/mol. The summed E-state index contributed by atoms with van der Waals surface area (Å²) in [4.78, 5) is 14.3. The molecule has 19 heavy (non-hydrogen) atoms. The topological polar surface area (TPSA) is 63.0 Å². The van der Waals surface area contributed by atoms with Gasteiger partial charge in [0.2, 0.25) is 0 Å². The van der Waals surface area contributed by atoms with Gasteiger partial charge in [-0.05, 0) is 24.3 Å². The average molecular weight is 256 g/mol. The molecule has 2 rings (SSSR count). The van der Waals surface area contributed by atoms with Crippen LogP contribution in [-0.2, 0) is 6.61 Å². The smallest absolute Gasteiger partial charge is 0.168 e. The first kappa shape index (κ1) is 12.7. The minimum Gasteiger partial charge on any atom is -0.487 e. The van der Waals surface area contributed by atoms with Crippen LogP contribution >= 0.6 is 0 Å². The van der Waals surface area contributed by atoms with Gasteiger partial charge in [0.25, 0.3) is 0 Å². The number of hydrogen-bond acceptors (Lipinski definition) is 4. The van der Waals surface area contributed by atoms with Crippen LogP contribution in [0.4, 0.5) is 4.39 Å². The summed E-state index contributed by atoms with van der Waals surface area (Å²) in [5.41, 5.74) is 0.911. The third kappa shape index (κ3) is 3.13. The Hall–Kier alpha value is -2.74. The molecule has 0 unspecified atom stereocenters. The second-order valence-corrected chi connectivity index (χ2v) is 3.74. The van der Waals surface area contributed by atoms with Crippen LogP contribution < -0.4 is 4.74 Å². The van der Waals surface area contributed by atoms with Crippen molar-refractivity contribution in [3.63, 3.8) is 0 Å². The summed E-state index contributed by atoms with van der Waals surface area (Å²) in [6.07, 6.45) is 2.02. The highest BCUT2D eigenvalue weighted by atomic mass is 19.1. The fraction of sp³-hybridized carbons (Fsp3) is 0.0714. The van der Waals surface area contributed by atoms with E-state index in [0.29, 0.717) is 23.3 Å². The number of hydrogen-bond donors (Lipinski definition) is 0. The Bertz CT molecular complexity index is 633. The lowest BCUT2D eigenvalue weighted by Gasteiger charge is -2.07. The Kier molecular flexibility index (Phi) is 3.84. The van der Waals surface area contributed by atoms with Gasteiger partial charge in [0.1, 0.15) is 23.9 Å². The van der Waals surface area contributed by atoms with Gasteiger partial charge >= 0.3 is 0 Å². The molecule has 0 aliphatic carbocycles. The second-order valence-electron chi connectivity index (χ2n) is 3.74. The van der Waals surface area contributed by atoms with E-state index >= 15 is 0 Å². The molecule has 0 radical (unpaired) electrons. The lowest BCUT2D eigenvalue weighted by Crippen LogP contribution is -1.99. The highest BCUT2D eigenvalue weighted by molar-refractivity contribution is 5.71. The average Bonchev–Trinajstić information content (AvgIpc) is 2.46. The maximum atomic E-state index is 13.6. The van der Waals surface area contributed by atoms with Crippen molar-refractivity contribution < 1.29 is 13.9 Å². The molecule has 2 aromatic rings. The van der Waals surface area contributed by atoms with Crippen LogP contribution in [-0.4, -0.2) is 11.3 Å².